The SMILES string of the molecule is CCCCCCCCSC[C@H](COP(=O)(O)OCCO)OP(=O)(O)CCCCCCC. The summed E-state index contributed by atoms with van der Waals surface area (Å²) >= 11 is 1.58. The van der Waals surface area contributed by atoms with E-state index in [0.717, 1.165) is 44.3 Å². The molecule has 0 aliphatic heterocycles. The van der Waals surface area contributed by atoms with Crippen LogP contribution in [0.5, 0.6) is 0 Å². The third kappa shape index (κ3) is 20.9. The van der Waals surface area contributed by atoms with Gasteiger partial charge in [-0.25, -0.2) is 4.57 Å². The normalized spacial score (nSPS) is 16.7. The van der Waals surface area contributed by atoms with Crippen LogP contribution in [0, 0.1) is 0 Å². The van der Waals surface area contributed by atoms with Crippen molar-refractivity contribution in [2.75, 3.05) is 37.5 Å². The summed E-state index contributed by atoms with van der Waals surface area (Å²) in [7, 11) is -8.16. The van der Waals surface area contributed by atoms with Gasteiger partial charge in [0, 0.05) is 11.9 Å². The highest BCUT2D eigenvalue weighted by Crippen LogP contribution is 2.47. The van der Waals surface area contributed by atoms with E-state index in [1.165, 1.54) is 25.7 Å². The summed E-state index contributed by atoms with van der Waals surface area (Å²) in [5, 5.41) is 8.72. The Bertz CT molecular complexity index is 510. The summed E-state index contributed by atoms with van der Waals surface area (Å²) in [6.45, 7) is 3.22. The van der Waals surface area contributed by atoms with Gasteiger partial charge in [0.1, 0.15) is 6.10 Å². The molecular weight excluding hydrogens is 462 g/mol. The minimum absolute atomic E-state index is 0.0626. The number of rotatable bonds is 23. The van der Waals surface area contributed by atoms with Crippen molar-refractivity contribution < 1.29 is 37.6 Å². The van der Waals surface area contributed by atoms with E-state index < -0.39 is 28.1 Å². The van der Waals surface area contributed by atoms with Gasteiger partial charge < -0.3 is 19.4 Å². The van der Waals surface area contributed by atoms with E-state index in [-0.39, 0.29) is 19.4 Å². The summed E-state index contributed by atoms with van der Waals surface area (Å²) < 4.78 is 39.2. The Morgan fingerprint density at radius 3 is 2.03 bits per heavy atom. The Morgan fingerprint density at radius 2 is 1.42 bits per heavy atom. The van der Waals surface area contributed by atoms with Crippen LogP contribution in [0.1, 0.15) is 84.5 Å². The van der Waals surface area contributed by atoms with Crippen LogP contribution in [0.4, 0.5) is 0 Å². The second kappa shape index (κ2) is 20.0. The molecule has 0 aliphatic carbocycles. The molecule has 31 heavy (non-hydrogen) atoms. The summed E-state index contributed by atoms with van der Waals surface area (Å²) in [4.78, 5) is 19.8. The molecule has 0 aromatic rings. The summed E-state index contributed by atoms with van der Waals surface area (Å²) in [6.07, 6.45) is 11.1. The monoisotopic (exact) mass is 506 g/mol. The number of thioether (sulfide) groups is 1. The van der Waals surface area contributed by atoms with E-state index in [9.17, 15) is 18.9 Å². The van der Waals surface area contributed by atoms with Crippen molar-refractivity contribution in [3.05, 3.63) is 0 Å². The fraction of sp³-hybridized carbons (Fsp3) is 1.00. The van der Waals surface area contributed by atoms with Crippen molar-refractivity contribution in [3.63, 3.8) is 0 Å². The third-order valence-corrected chi connectivity index (χ3v) is 8.25. The number of aliphatic hydroxyl groups is 1. The van der Waals surface area contributed by atoms with Crippen LogP contribution in [-0.4, -0.2) is 58.5 Å². The van der Waals surface area contributed by atoms with Gasteiger partial charge in [-0.05, 0) is 18.6 Å². The lowest BCUT2D eigenvalue weighted by atomic mass is 10.1. The predicted molar refractivity (Wildman–Crippen MR) is 128 cm³/mol. The van der Waals surface area contributed by atoms with Crippen molar-refractivity contribution in [1.82, 2.24) is 0 Å². The Labute approximate surface area is 193 Å². The van der Waals surface area contributed by atoms with Gasteiger partial charge in [0.05, 0.1) is 19.8 Å². The second-order valence-corrected chi connectivity index (χ2v) is 12.2. The highest BCUT2D eigenvalue weighted by molar-refractivity contribution is 7.99. The van der Waals surface area contributed by atoms with Gasteiger partial charge in [-0.3, -0.25) is 13.6 Å². The zero-order valence-electron chi connectivity index (χ0n) is 19.3. The van der Waals surface area contributed by atoms with Crippen molar-refractivity contribution in [2.24, 2.45) is 0 Å². The molecule has 0 aromatic heterocycles. The lowest BCUT2D eigenvalue weighted by Crippen LogP contribution is -2.22. The summed E-state index contributed by atoms with van der Waals surface area (Å²) in [5.74, 6) is 1.27. The molecule has 3 atom stereocenters. The molecule has 0 radical (unpaired) electrons. The molecular formula is C20H44O8P2S. The molecule has 0 spiro atoms. The van der Waals surface area contributed by atoms with E-state index in [1.807, 2.05) is 0 Å². The Kier molecular flexibility index (Phi) is 20.4. The third-order valence-electron chi connectivity index (χ3n) is 4.57. The maximum absolute atomic E-state index is 12.5. The first-order chi connectivity index (χ1) is 14.8. The Balaban J connectivity index is 4.50. The largest absolute Gasteiger partial charge is 0.472 e. The van der Waals surface area contributed by atoms with Gasteiger partial charge in [0.15, 0.2) is 0 Å². The van der Waals surface area contributed by atoms with Gasteiger partial charge in [-0.15, -0.1) is 0 Å². The zero-order chi connectivity index (χ0) is 23.4. The Morgan fingerprint density at radius 1 is 0.839 bits per heavy atom. The van der Waals surface area contributed by atoms with Crippen LogP contribution in [0.2, 0.25) is 0 Å². The molecule has 0 amide bonds. The van der Waals surface area contributed by atoms with Crippen molar-refractivity contribution in [2.45, 2.75) is 90.6 Å². The molecule has 8 nitrogen and oxygen atoms in total. The van der Waals surface area contributed by atoms with Crippen LogP contribution in [0.15, 0.2) is 0 Å². The van der Waals surface area contributed by atoms with E-state index in [4.69, 9.17) is 14.2 Å². The van der Waals surface area contributed by atoms with Gasteiger partial charge >= 0.3 is 15.4 Å². The molecule has 11 heteroatoms. The molecule has 0 saturated carbocycles. The van der Waals surface area contributed by atoms with Crippen molar-refractivity contribution >= 4 is 27.2 Å². The molecule has 0 fully saturated rings. The first-order valence-electron chi connectivity index (χ1n) is 11.6. The zero-order valence-corrected chi connectivity index (χ0v) is 21.9. The smallest absolute Gasteiger partial charge is 0.394 e. The summed E-state index contributed by atoms with van der Waals surface area (Å²) in [5.41, 5.74) is 0. The number of hydrogen-bond donors (Lipinski definition) is 3. The number of hydrogen-bond acceptors (Lipinski definition) is 7. The van der Waals surface area contributed by atoms with Crippen molar-refractivity contribution in [3.8, 4) is 0 Å². The van der Waals surface area contributed by atoms with E-state index in [1.54, 1.807) is 11.8 Å². The standard InChI is InChI=1S/C20H44O8P2S/c1-3-5-7-9-11-13-17-31-19-20(18-27-30(24,25)26-15-14-21)28-29(22,23)16-12-10-8-6-4-2/h20-21H,3-19H2,1-2H3,(H,22,23)(H,24,25)/t20-/m0/s1. The minimum Gasteiger partial charge on any atom is -0.394 e. The first-order valence-corrected chi connectivity index (χ1v) is 16.0. The van der Waals surface area contributed by atoms with Crippen LogP contribution in [0.3, 0.4) is 0 Å². The average Bonchev–Trinajstić information content (AvgIpc) is 2.72. The van der Waals surface area contributed by atoms with E-state index in [2.05, 4.69) is 18.4 Å². The summed E-state index contributed by atoms with van der Waals surface area (Å²) in [6, 6.07) is 0. The maximum atomic E-state index is 12.5. The topological polar surface area (TPSA) is 123 Å². The molecule has 0 rings (SSSR count). The number of phosphoric acid groups is 1. The number of unbranched alkanes of at least 4 members (excludes halogenated alkanes) is 9. The number of aliphatic hydroxyl groups excluding tert-OH is 1. The average molecular weight is 507 g/mol. The molecule has 0 aliphatic rings. The quantitative estimate of drug-likeness (QED) is 0.117. The fourth-order valence-corrected chi connectivity index (χ4v) is 6.05. The molecule has 3 N–H and O–H groups in total. The van der Waals surface area contributed by atoms with Gasteiger partial charge in [0.25, 0.3) is 0 Å². The van der Waals surface area contributed by atoms with Gasteiger partial charge in [-0.2, -0.15) is 11.8 Å². The Hall–Kier alpha value is 0.570. The van der Waals surface area contributed by atoms with Gasteiger partial charge in [-0.1, -0.05) is 71.6 Å². The van der Waals surface area contributed by atoms with E-state index in [0.29, 0.717) is 12.2 Å². The molecule has 188 valence electrons. The lowest BCUT2D eigenvalue weighted by molar-refractivity contribution is 0.0819. The second-order valence-electron chi connectivity index (χ2n) is 7.67. The molecule has 0 saturated heterocycles. The van der Waals surface area contributed by atoms with Crippen LogP contribution in [0.25, 0.3) is 0 Å². The van der Waals surface area contributed by atoms with Crippen LogP contribution >= 0.6 is 27.2 Å². The highest BCUT2D eigenvalue weighted by atomic mass is 32.2. The first kappa shape index (κ1) is 31.6. The molecule has 0 heterocycles. The highest BCUT2D eigenvalue weighted by Gasteiger charge is 2.28. The van der Waals surface area contributed by atoms with Crippen molar-refractivity contribution in [1.29, 1.82) is 0 Å². The fourth-order valence-electron chi connectivity index (χ4n) is 2.88. The molecule has 0 bridgehead atoms. The van der Waals surface area contributed by atoms with Crippen LogP contribution in [-0.2, 0) is 22.7 Å². The van der Waals surface area contributed by atoms with Crippen LogP contribution < -0.4 is 0 Å². The van der Waals surface area contributed by atoms with E-state index >= 15 is 0 Å². The molecule has 2 unspecified atom stereocenters. The molecule has 0 aromatic carbocycles. The lowest BCUT2D eigenvalue weighted by Gasteiger charge is -2.22. The predicted octanol–water partition coefficient (Wildman–Crippen LogP) is 5.75. The minimum atomic E-state index is -4.34. The number of phosphoric ester groups is 1. The van der Waals surface area contributed by atoms with Gasteiger partial charge in [0.2, 0.25) is 0 Å². The maximum Gasteiger partial charge on any atom is 0.472 e.